The van der Waals surface area contributed by atoms with Gasteiger partial charge in [0.1, 0.15) is 0 Å². The molecule has 2 aromatic carbocycles. The monoisotopic (exact) mass is 343 g/mol. The first-order valence-electron chi connectivity index (χ1n) is 6.21. The first kappa shape index (κ1) is 13.3. The standard InChI is InChI=1S/C17H11BrClN/c18-14-7-8-16(19)15(10-14)13-6-9-17(20-11-13)12-4-2-1-3-5-12/h1-11H. The topological polar surface area (TPSA) is 12.9 Å². The lowest BCUT2D eigenvalue weighted by atomic mass is 10.1. The predicted molar refractivity (Wildman–Crippen MR) is 87.8 cm³/mol. The molecule has 0 bridgehead atoms. The van der Waals surface area contributed by atoms with Gasteiger partial charge in [0.25, 0.3) is 0 Å². The maximum Gasteiger partial charge on any atom is 0.0702 e. The van der Waals surface area contributed by atoms with Gasteiger partial charge in [-0.15, -0.1) is 0 Å². The van der Waals surface area contributed by atoms with Crippen LogP contribution in [0.1, 0.15) is 0 Å². The first-order valence-corrected chi connectivity index (χ1v) is 7.38. The third-order valence-corrected chi connectivity index (χ3v) is 3.90. The lowest BCUT2D eigenvalue weighted by Crippen LogP contribution is -1.86. The van der Waals surface area contributed by atoms with Gasteiger partial charge in [0.2, 0.25) is 0 Å². The zero-order valence-electron chi connectivity index (χ0n) is 10.6. The number of halogens is 2. The van der Waals surface area contributed by atoms with Gasteiger partial charge in [-0.2, -0.15) is 0 Å². The van der Waals surface area contributed by atoms with Crippen molar-refractivity contribution in [1.82, 2.24) is 4.98 Å². The normalized spacial score (nSPS) is 10.5. The van der Waals surface area contributed by atoms with E-state index in [0.717, 1.165) is 31.9 Å². The number of aromatic nitrogens is 1. The van der Waals surface area contributed by atoms with Crippen LogP contribution in [0.15, 0.2) is 71.3 Å². The lowest BCUT2D eigenvalue weighted by molar-refractivity contribution is 1.32. The van der Waals surface area contributed by atoms with Crippen molar-refractivity contribution in [2.75, 3.05) is 0 Å². The SMILES string of the molecule is Clc1ccc(Br)cc1-c1ccc(-c2ccccc2)nc1. The number of nitrogens with zero attached hydrogens (tertiary/aromatic N) is 1. The van der Waals surface area contributed by atoms with Gasteiger partial charge in [-0.05, 0) is 24.3 Å². The van der Waals surface area contributed by atoms with Crippen LogP contribution in [0, 0.1) is 0 Å². The predicted octanol–water partition coefficient (Wildman–Crippen LogP) is 5.83. The van der Waals surface area contributed by atoms with E-state index < -0.39 is 0 Å². The highest BCUT2D eigenvalue weighted by Crippen LogP contribution is 2.31. The van der Waals surface area contributed by atoms with Crippen molar-refractivity contribution in [3.8, 4) is 22.4 Å². The van der Waals surface area contributed by atoms with E-state index in [2.05, 4.69) is 20.9 Å². The molecule has 20 heavy (non-hydrogen) atoms. The summed E-state index contributed by atoms with van der Waals surface area (Å²) in [5, 5.41) is 0.725. The molecule has 1 nitrogen and oxygen atoms in total. The summed E-state index contributed by atoms with van der Waals surface area (Å²) in [4.78, 5) is 4.52. The molecule has 0 atom stereocenters. The van der Waals surface area contributed by atoms with E-state index in [9.17, 15) is 0 Å². The van der Waals surface area contributed by atoms with Crippen LogP contribution in [0.25, 0.3) is 22.4 Å². The Morgan fingerprint density at radius 1 is 0.850 bits per heavy atom. The summed E-state index contributed by atoms with van der Waals surface area (Å²) >= 11 is 9.70. The Labute approximate surface area is 131 Å². The average molecular weight is 345 g/mol. The average Bonchev–Trinajstić information content (AvgIpc) is 2.51. The molecule has 3 aromatic rings. The van der Waals surface area contributed by atoms with Crippen LogP contribution in [0.5, 0.6) is 0 Å². The van der Waals surface area contributed by atoms with Gasteiger partial charge in [-0.1, -0.05) is 63.9 Å². The Balaban J connectivity index is 2.00. The number of rotatable bonds is 2. The van der Waals surface area contributed by atoms with Crippen LogP contribution in [-0.2, 0) is 0 Å². The van der Waals surface area contributed by atoms with Crippen LogP contribution in [0.4, 0.5) is 0 Å². The fourth-order valence-corrected chi connectivity index (χ4v) is 2.64. The number of hydrogen-bond acceptors (Lipinski definition) is 1. The molecule has 0 fully saturated rings. The Kier molecular flexibility index (Phi) is 3.86. The Bertz CT molecular complexity index is 724. The molecule has 1 heterocycles. The van der Waals surface area contributed by atoms with Crippen LogP contribution < -0.4 is 0 Å². The van der Waals surface area contributed by atoms with Crippen molar-refractivity contribution in [3.05, 3.63) is 76.4 Å². The largest absolute Gasteiger partial charge is 0.256 e. The summed E-state index contributed by atoms with van der Waals surface area (Å²) in [6, 6.07) is 20.0. The minimum Gasteiger partial charge on any atom is -0.256 e. The van der Waals surface area contributed by atoms with Crippen molar-refractivity contribution in [1.29, 1.82) is 0 Å². The van der Waals surface area contributed by atoms with Crippen molar-refractivity contribution in [2.45, 2.75) is 0 Å². The molecule has 98 valence electrons. The highest BCUT2D eigenvalue weighted by Gasteiger charge is 2.05. The molecule has 0 unspecified atom stereocenters. The van der Waals surface area contributed by atoms with E-state index in [-0.39, 0.29) is 0 Å². The second kappa shape index (κ2) is 5.78. The van der Waals surface area contributed by atoms with Gasteiger partial charge in [0, 0.05) is 32.4 Å². The summed E-state index contributed by atoms with van der Waals surface area (Å²) in [7, 11) is 0. The molecule has 3 heteroatoms. The molecule has 0 aliphatic carbocycles. The van der Waals surface area contributed by atoms with Crippen LogP contribution in [0.2, 0.25) is 5.02 Å². The van der Waals surface area contributed by atoms with Gasteiger partial charge in [0.15, 0.2) is 0 Å². The highest BCUT2D eigenvalue weighted by atomic mass is 79.9. The molecule has 0 aliphatic heterocycles. The van der Waals surface area contributed by atoms with Crippen molar-refractivity contribution in [3.63, 3.8) is 0 Å². The second-order valence-electron chi connectivity index (χ2n) is 4.42. The maximum atomic E-state index is 6.24. The zero-order valence-corrected chi connectivity index (χ0v) is 12.9. The van der Waals surface area contributed by atoms with E-state index in [4.69, 9.17) is 11.6 Å². The van der Waals surface area contributed by atoms with Crippen molar-refractivity contribution in [2.24, 2.45) is 0 Å². The smallest absolute Gasteiger partial charge is 0.0702 e. The molecular weight excluding hydrogens is 334 g/mol. The van der Waals surface area contributed by atoms with Gasteiger partial charge in [-0.25, -0.2) is 0 Å². The minimum atomic E-state index is 0.725. The Morgan fingerprint density at radius 3 is 2.35 bits per heavy atom. The van der Waals surface area contributed by atoms with Gasteiger partial charge in [0.05, 0.1) is 5.69 Å². The lowest BCUT2D eigenvalue weighted by Gasteiger charge is -2.06. The Morgan fingerprint density at radius 2 is 1.65 bits per heavy atom. The molecule has 3 rings (SSSR count). The van der Waals surface area contributed by atoms with Crippen LogP contribution >= 0.6 is 27.5 Å². The van der Waals surface area contributed by atoms with E-state index in [1.807, 2.05) is 66.9 Å². The molecule has 0 amide bonds. The molecular formula is C17H11BrClN. The third-order valence-electron chi connectivity index (χ3n) is 3.07. The number of benzene rings is 2. The molecule has 0 saturated carbocycles. The van der Waals surface area contributed by atoms with Crippen LogP contribution in [0.3, 0.4) is 0 Å². The van der Waals surface area contributed by atoms with Crippen LogP contribution in [-0.4, -0.2) is 4.98 Å². The highest BCUT2D eigenvalue weighted by molar-refractivity contribution is 9.10. The number of pyridine rings is 1. The second-order valence-corrected chi connectivity index (χ2v) is 5.75. The fraction of sp³-hybridized carbons (Fsp3) is 0. The van der Waals surface area contributed by atoms with Crippen molar-refractivity contribution >= 4 is 27.5 Å². The van der Waals surface area contributed by atoms with E-state index in [1.165, 1.54) is 0 Å². The Hall–Kier alpha value is -1.64. The van der Waals surface area contributed by atoms with Gasteiger partial charge < -0.3 is 0 Å². The molecule has 0 spiro atoms. The van der Waals surface area contributed by atoms with E-state index in [0.29, 0.717) is 0 Å². The van der Waals surface area contributed by atoms with Gasteiger partial charge >= 0.3 is 0 Å². The molecule has 0 saturated heterocycles. The summed E-state index contributed by atoms with van der Waals surface area (Å²) in [6.45, 7) is 0. The summed E-state index contributed by atoms with van der Waals surface area (Å²) in [5.74, 6) is 0. The summed E-state index contributed by atoms with van der Waals surface area (Å²) in [6.07, 6.45) is 1.86. The maximum absolute atomic E-state index is 6.24. The molecule has 1 aromatic heterocycles. The fourth-order valence-electron chi connectivity index (χ4n) is 2.05. The number of hydrogen-bond donors (Lipinski definition) is 0. The minimum absolute atomic E-state index is 0.725. The zero-order chi connectivity index (χ0) is 13.9. The van der Waals surface area contributed by atoms with E-state index >= 15 is 0 Å². The third kappa shape index (κ3) is 2.77. The summed E-state index contributed by atoms with van der Waals surface area (Å²) in [5.41, 5.74) is 4.06. The first-order chi connectivity index (χ1) is 9.74. The molecule has 0 aliphatic rings. The quantitative estimate of drug-likeness (QED) is 0.570. The molecule has 0 N–H and O–H groups in total. The van der Waals surface area contributed by atoms with Gasteiger partial charge in [-0.3, -0.25) is 4.98 Å². The van der Waals surface area contributed by atoms with Crippen molar-refractivity contribution < 1.29 is 0 Å². The van der Waals surface area contributed by atoms with E-state index in [1.54, 1.807) is 0 Å². The molecule has 0 radical (unpaired) electrons. The summed E-state index contributed by atoms with van der Waals surface area (Å²) < 4.78 is 1.00.